The molecule has 0 atom stereocenters. The number of carbonyl (C=O) groups is 1. The van der Waals surface area contributed by atoms with E-state index in [9.17, 15) is 9.59 Å². The molecular weight excluding hydrogens is 244 g/mol. The van der Waals surface area contributed by atoms with E-state index < -0.39 is 0 Å². The molecule has 1 amide bonds. The minimum atomic E-state index is -0.203. The number of carbonyl (C=O) groups excluding carboxylic acids is 1. The van der Waals surface area contributed by atoms with Crippen LogP contribution in [0.2, 0.25) is 0 Å². The molecule has 0 saturated heterocycles. The van der Waals surface area contributed by atoms with Gasteiger partial charge in [-0.15, -0.1) is 0 Å². The van der Waals surface area contributed by atoms with Crippen LogP contribution < -0.4 is 15.6 Å². The van der Waals surface area contributed by atoms with E-state index in [1.54, 1.807) is 13.2 Å². The molecule has 19 heavy (non-hydrogen) atoms. The number of H-pyrrole nitrogens is 1. The average Bonchev–Trinajstić information content (AvgIpc) is 2.41. The molecule has 1 heterocycles. The number of aromatic amines is 1. The highest BCUT2D eigenvalue weighted by atomic mass is 16.5. The number of aromatic nitrogens is 1. The maximum absolute atomic E-state index is 11.8. The van der Waals surface area contributed by atoms with E-state index in [0.717, 1.165) is 5.56 Å². The van der Waals surface area contributed by atoms with Crippen molar-refractivity contribution in [1.82, 2.24) is 4.98 Å². The number of benzene rings is 1. The number of hydrogen-bond acceptors (Lipinski definition) is 3. The predicted octanol–water partition coefficient (Wildman–Crippen LogP) is 1.56. The first-order valence-electron chi connectivity index (χ1n) is 5.79. The van der Waals surface area contributed by atoms with Gasteiger partial charge in [-0.2, -0.15) is 0 Å². The van der Waals surface area contributed by atoms with Crippen molar-refractivity contribution in [3.05, 3.63) is 58.5 Å². The van der Waals surface area contributed by atoms with Crippen LogP contribution in [0.5, 0.6) is 5.75 Å². The van der Waals surface area contributed by atoms with Crippen molar-refractivity contribution >= 4 is 11.6 Å². The Morgan fingerprint density at radius 2 is 2.16 bits per heavy atom. The molecule has 0 aliphatic rings. The molecule has 5 nitrogen and oxygen atoms in total. The van der Waals surface area contributed by atoms with Gasteiger partial charge in [-0.25, -0.2) is 0 Å². The molecule has 0 aliphatic carbocycles. The molecule has 0 radical (unpaired) electrons. The quantitative estimate of drug-likeness (QED) is 0.874. The van der Waals surface area contributed by atoms with Gasteiger partial charge in [0.2, 0.25) is 11.5 Å². The van der Waals surface area contributed by atoms with Crippen LogP contribution in [0.25, 0.3) is 0 Å². The normalized spacial score (nSPS) is 9.95. The highest BCUT2D eigenvalue weighted by Gasteiger charge is 2.05. The van der Waals surface area contributed by atoms with E-state index in [4.69, 9.17) is 4.74 Å². The molecule has 2 rings (SSSR count). The SMILES string of the molecule is COc1cccc(CC(=O)Nc2ccc(=O)[nH]c2)c1. The fraction of sp³-hybridized carbons (Fsp3) is 0.143. The van der Waals surface area contributed by atoms with Gasteiger partial charge >= 0.3 is 0 Å². The summed E-state index contributed by atoms with van der Waals surface area (Å²) in [6, 6.07) is 10.2. The summed E-state index contributed by atoms with van der Waals surface area (Å²) < 4.78 is 5.10. The van der Waals surface area contributed by atoms with Crippen LogP contribution in [0.15, 0.2) is 47.4 Å². The molecular formula is C14H14N2O3. The van der Waals surface area contributed by atoms with Gasteiger partial charge < -0.3 is 15.0 Å². The molecule has 2 N–H and O–H groups in total. The number of anilines is 1. The topological polar surface area (TPSA) is 71.2 Å². The zero-order valence-electron chi connectivity index (χ0n) is 10.5. The predicted molar refractivity (Wildman–Crippen MR) is 72.4 cm³/mol. The summed E-state index contributed by atoms with van der Waals surface area (Å²) in [6.07, 6.45) is 1.71. The Morgan fingerprint density at radius 1 is 1.32 bits per heavy atom. The van der Waals surface area contributed by atoms with Gasteiger partial charge in [0.1, 0.15) is 5.75 Å². The summed E-state index contributed by atoms with van der Waals surface area (Å²) in [6.45, 7) is 0. The lowest BCUT2D eigenvalue weighted by Gasteiger charge is -2.06. The number of ether oxygens (including phenoxy) is 1. The summed E-state index contributed by atoms with van der Waals surface area (Å²) >= 11 is 0. The average molecular weight is 258 g/mol. The van der Waals surface area contributed by atoms with Gasteiger partial charge in [-0.05, 0) is 23.8 Å². The molecule has 98 valence electrons. The van der Waals surface area contributed by atoms with Crippen molar-refractivity contribution in [2.45, 2.75) is 6.42 Å². The lowest BCUT2D eigenvalue weighted by atomic mass is 10.1. The Kier molecular flexibility index (Phi) is 3.97. The van der Waals surface area contributed by atoms with E-state index in [1.165, 1.54) is 12.3 Å². The van der Waals surface area contributed by atoms with Crippen molar-refractivity contribution in [3.8, 4) is 5.75 Å². The maximum atomic E-state index is 11.8. The highest BCUT2D eigenvalue weighted by molar-refractivity contribution is 5.92. The molecule has 0 bridgehead atoms. The van der Waals surface area contributed by atoms with Crippen LogP contribution in [-0.4, -0.2) is 18.0 Å². The van der Waals surface area contributed by atoms with Crippen molar-refractivity contribution in [2.75, 3.05) is 12.4 Å². The molecule has 0 aliphatic heterocycles. The van der Waals surface area contributed by atoms with Crippen molar-refractivity contribution in [3.63, 3.8) is 0 Å². The van der Waals surface area contributed by atoms with E-state index in [0.29, 0.717) is 11.4 Å². The van der Waals surface area contributed by atoms with Gasteiger partial charge in [0, 0.05) is 12.3 Å². The van der Waals surface area contributed by atoms with Gasteiger partial charge in [-0.1, -0.05) is 12.1 Å². The zero-order chi connectivity index (χ0) is 13.7. The van der Waals surface area contributed by atoms with Gasteiger partial charge in [0.25, 0.3) is 0 Å². The molecule has 1 aromatic heterocycles. The maximum Gasteiger partial charge on any atom is 0.248 e. The first-order chi connectivity index (χ1) is 9.17. The summed E-state index contributed by atoms with van der Waals surface area (Å²) in [5.74, 6) is 0.564. The number of hydrogen-bond donors (Lipinski definition) is 2. The van der Waals surface area contributed by atoms with Crippen LogP contribution in [0, 0.1) is 0 Å². The lowest BCUT2D eigenvalue weighted by molar-refractivity contribution is -0.115. The second-order valence-corrected chi connectivity index (χ2v) is 4.02. The number of methoxy groups -OCH3 is 1. The van der Waals surface area contributed by atoms with Crippen molar-refractivity contribution in [2.24, 2.45) is 0 Å². The molecule has 5 heteroatoms. The van der Waals surface area contributed by atoms with E-state index in [1.807, 2.05) is 24.3 Å². The number of pyridine rings is 1. The third kappa shape index (κ3) is 3.70. The summed E-state index contributed by atoms with van der Waals surface area (Å²) in [4.78, 5) is 25.2. The summed E-state index contributed by atoms with van der Waals surface area (Å²) in [5.41, 5.74) is 1.22. The Bertz CT molecular complexity index is 614. The molecule has 0 unspecified atom stereocenters. The van der Waals surface area contributed by atoms with Gasteiger partial charge in [-0.3, -0.25) is 9.59 Å². The minimum absolute atomic E-state index is 0.152. The second-order valence-electron chi connectivity index (χ2n) is 4.02. The molecule has 1 aromatic carbocycles. The lowest BCUT2D eigenvalue weighted by Crippen LogP contribution is -2.15. The minimum Gasteiger partial charge on any atom is -0.497 e. The largest absolute Gasteiger partial charge is 0.497 e. The monoisotopic (exact) mass is 258 g/mol. The fourth-order valence-corrected chi connectivity index (χ4v) is 1.66. The van der Waals surface area contributed by atoms with E-state index >= 15 is 0 Å². The third-order valence-electron chi connectivity index (χ3n) is 2.57. The van der Waals surface area contributed by atoms with Gasteiger partial charge in [0.15, 0.2) is 0 Å². The van der Waals surface area contributed by atoms with Gasteiger partial charge in [0.05, 0.1) is 19.2 Å². The molecule has 2 aromatic rings. The Hall–Kier alpha value is -2.56. The number of nitrogens with one attached hydrogen (secondary N) is 2. The molecule has 0 fully saturated rings. The van der Waals surface area contributed by atoms with Crippen molar-refractivity contribution in [1.29, 1.82) is 0 Å². The standard InChI is InChI=1S/C14H14N2O3/c1-19-12-4-2-3-10(7-12)8-14(18)16-11-5-6-13(17)15-9-11/h2-7,9H,8H2,1H3,(H,15,17)(H,16,18). The molecule has 0 spiro atoms. The van der Waals surface area contributed by atoms with Crippen molar-refractivity contribution < 1.29 is 9.53 Å². The first-order valence-corrected chi connectivity index (χ1v) is 5.79. The van der Waals surface area contributed by atoms with Crippen LogP contribution in [0.4, 0.5) is 5.69 Å². The summed E-state index contributed by atoms with van der Waals surface area (Å²) in [7, 11) is 1.58. The van der Waals surface area contributed by atoms with Crippen LogP contribution in [-0.2, 0) is 11.2 Å². The highest BCUT2D eigenvalue weighted by Crippen LogP contribution is 2.13. The number of rotatable bonds is 4. The Balaban J connectivity index is 2.00. The Labute approximate surface area is 110 Å². The smallest absolute Gasteiger partial charge is 0.248 e. The van der Waals surface area contributed by atoms with E-state index in [-0.39, 0.29) is 17.9 Å². The second kappa shape index (κ2) is 5.86. The third-order valence-corrected chi connectivity index (χ3v) is 2.57. The fourth-order valence-electron chi connectivity index (χ4n) is 1.66. The van der Waals surface area contributed by atoms with Crippen LogP contribution in [0.1, 0.15) is 5.56 Å². The summed E-state index contributed by atoms with van der Waals surface area (Å²) in [5, 5.41) is 2.71. The molecule has 0 saturated carbocycles. The first kappa shape index (κ1) is 12.9. The van der Waals surface area contributed by atoms with Crippen LogP contribution in [0.3, 0.4) is 0 Å². The number of amides is 1. The Morgan fingerprint density at radius 3 is 2.84 bits per heavy atom. The zero-order valence-corrected chi connectivity index (χ0v) is 10.5. The van der Waals surface area contributed by atoms with Crippen LogP contribution >= 0.6 is 0 Å². The van der Waals surface area contributed by atoms with E-state index in [2.05, 4.69) is 10.3 Å².